The van der Waals surface area contributed by atoms with E-state index in [2.05, 4.69) is 0 Å². The summed E-state index contributed by atoms with van der Waals surface area (Å²) in [5.41, 5.74) is -3.88. The molecule has 1 aromatic heterocycles. The Labute approximate surface area is 467 Å². The van der Waals surface area contributed by atoms with Gasteiger partial charge < -0.3 is 82.5 Å². The fourth-order valence-electron chi connectivity index (χ4n) is 12.0. The van der Waals surface area contributed by atoms with Gasteiger partial charge in [-0.25, -0.2) is 4.79 Å². The van der Waals surface area contributed by atoms with Gasteiger partial charge in [0, 0.05) is 62.8 Å². The van der Waals surface area contributed by atoms with Crippen molar-refractivity contribution in [3.8, 4) is 0 Å². The smallest absolute Gasteiger partial charge is 0.341 e. The number of carbonyl (C=O) groups excluding carboxylic acids is 2. The second kappa shape index (κ2) is 28.5. The predicted molar refractivity (Wildman–Crippen MR) is 293 cm³/mol. The Morgan fingerprint density at radius 2 is 1.57 bits per heavy atom. The van der Waals surface area contributed by atoms with Crippen LogP contribution in [0.3, 0.4) is 0 Å². The van der Waals surface area contributed by atoms with Gasteiger partial charge in [-0.1, -0.05) is 26.8 Å². The van der Waals surface area contributed by atoms with E-state index in [1.807, 2.05) is 63.8 Å². The molecule has 21 heteroatoms. The number of aliphatic hydroxyl groups is 4. The third kappa shape index (κ3) is 16.3. The van der Waals surface area contributed by atoms with Crippen molar-refractivity contribution in [3.63, 3.8) is 0 Å². The number of carboxylic acid groups (broad SMARTS) is 1. The summed E-state index contributed by atoms with van der Waals surface area (Å²) < 4.78 is 58.0. The van der Waals surface area contributed by atoms with Crippen LogP contribution in [-0.4, -0.2) is 209 Å². The maximum Gasteiger partial charge on any atom is 0.341 e. The molecule has 1 unspecified atom stereocenters. The van der Waals surface area contributed by atoms with Crippen LogP contribution < -0.4 is 5.43 Å². The Kier molecular flexibility index (Phi) is 23.9. The first-order valence-electron chi connectivity index (χ1n) is 28.3. The number of aliphatic hydroxyl groups excluding tert-OH is 2. The number of aromatic nitrogens is 1. The molecule has 3 aliphatic rings. The van der Waals surface area contributed by atoms with Crippen LogP contribution in [0.2, 0.25) is 0 Å². The minimum absolute atomic E-state index is 0.0316. The zero-order valence-corrected chi connectivity index (χ0v) is 49.5. The van der Waals surface area contributed by atoms with E-state index >= 15 is 0 Å². The van der Waals surface area contributed by atoms with E-state index in [1.165, 1.54) is 20.2 Å². The lowest BCUT2D eigenvalue weighted by molar-refractivity contribution is -0.318. The molecule has 0 spiro atoms. The topological polar surface area (TPSA) is 264 Å². The molecule has 18 atom stereocenters. The second-order valence-corrected chi connectivity index (χ2v) is 23.5. The van der Waals surface area contributed by atoms with Gasteiger partial charge in [-0.15, -0.1) is 0 Å². The van der Waals surface area contributed by atoms with E-state index in [9.17, 15) is 44.7 Å². The normalized spacial score (nSPS) is 36.6. The number of rotatable bonds is 20. The molecule has 3 saturated heterocycles. The summed E-state index contributed by atoms with van der Waals surface area (Å²) in [4.78, 5) is 56.4. The van der Waals surface area contributed by atoms with E-state index in [1.54, 1.807) is 59.1 Å². The Bertz CT molecular complexity index is 2360. The molecule has 4 heterocycles. The summed E-state index contributed by atoms with van der Waals surface area (Å²) in [5.74, 6) is -4.69. The SMILES string of the molecule is CC[C@H]1OC(=O)[C@H](C)[C@@H](O[C@H]2C[C@@](C)(OC)[C@@H](OC(=O)CCOCCOCCCc3ccc4c(c3)c(=O)c(C(=O)O)cn4CC)[C@H](C)O2)[C@H](C)[C@@H](OC2O[C@H](C)C[C@H](N(C)C)[C@H]2O)[C@](C)(O)C[C@@H](C)CN(C)[C@H](C)[C@@H](O)[C@]1(C)O. The van der Waals surface area contributed by atoms with Crippen LogP contribution in [0, 0.1) is 17.8 Å². The molecular formula is C58H95N3O18. The van der Waals surface area contributed by atoms with Crippen LogP contribution in [0.5, 0.6) is 0 Å². The van der Waals surface area contributed by atoms with Crippen molar-refractivity contribution in [1.29, 1.82) is 0 Å². The number of pyridine rings is 1. The highest BCUT2D eigenvalue weighted by atomic mass is 16.7. The highest BCUT2D eigenvalue weighted by Gasteiger charge is 2.54. The number of methoxy groups -OCH3 is 1. The number of carbonyl (C=O) groups is 3. The van der Waals surface area contributed by atoms with Gasteiger partial charge in [0.2, 0.25) is 5.43 Å². The number of aromatic carboxylic acids is 1. The van der Waals surface area contributed by atoms with Crippen molar-refractivity contribution >= 4 is 28.8 Å². The number of aryl methyl sites for hydroxylation is 2. The summed E-state index contributed by atoms with van der Waals surface area (Å²) >= 11 is 0. The molecule has 5 rings (SSSR count). The first-order valence-corrected chi connectivity index (χ1v) is 28.3. The molecule has 450 valence electrons. The summed E-state index contributed by atoms with van der Waals surface area (Å²) in [6, 6.07) is 4.59. The molecule has 5 N–H and O–H groups in total. The zero-order chi connectivity index (χ0) is 58.9. The number of hydrogen-bond donors (Lipinski definition) is 5. The third-order valence-electron chi connectivity index (χ3n) is 16.7. The van der Waals surface area contributed by atoms with E-state index in [0.717, 1.165) is 5.56 Å². The van der Waals surface area contributed by atoms with Gasteiger partial charge in [-0.05, 0) is 132 Å². The molecule has 0 amide bonds. The third-order valence-corrected chi connectivity index (χ3v) is 16.7. The molecule has 0 aliphatic carbocycles. The molecule has 21 nitrogen and oxygen atoms in total. The van der Waals surface area contributed by atoms with Crippen molar-refractivity contribution in [2.45, 2.75) is 218 Å². The lowest BCUT2D eigenvalue weighted by atomic mass is 9.77. The van der Waals surface area contributed by atoms with Crippen molar-refractivity contribution in [2.75, 3.05) is 61.2 Å². The Balaban J connectivity index is 1.26. The minimum atomic E-state index is -1.87. The van der Waals surface area contributed by atoms with E-state index in [4.69, 9.17) is 42.6 Å². The summed E-state index contributed by atoms with van der Waals surface area (Å²) in [5, 5.41) is 58.0. The van der Waals surface area contributed by atoms with Gasteiger partial charge in [-0.3, -0.25) is 14.4 Å². The van der Waals surface area contributed by atoms with Crippen molar-refractivity contribution in [2.24, 2.45) is 17.8 Å². The molecule has 3 fully saturated rings. The maximum atomic E-state index is 14.6. The Hall–Kier alpha value is -3.68. The molecule has 0 bridgehead atoms. The van der Waals surface area contributed by atoms with Crippen LogP contribution in [0.15, 0.2) is 29.2 Å². The van der Waals surface area contributed by atoms with Gasteiger partial charge in [0.05, 0.1) is 67.7 Å². The highest BCUT2D eigenvalue weighted by Crippen LogP contribution is 2.41. The molecule has 2 aromatic rings. The van der Waals surface area contributed by atoms with E-state index < -0.39 is 113 Å². The van der Waals surface area contributed by atoms with Crippen LogP contribution in [-0.2, 0) is 65.2 Å². The number of carboxylic acids is 1. The number of hydrogen-bond acceptors (Lipinski definition) is 19. The van der Waals surface area contributed by atoms with E-state index in [-0.39, 0.29) is 69.1 Å². The number of ether oxygens (including phenoxy) is 9. The number of esters is 2. The Morgan fingerprint density at radius 1 is 0.899 bits per heavy atom. The number of likely N-dealkylation sites (N-methyl/N-ethyl adjacent to an activating group) is 2. The van der Waals surface area contributed by atoms with Crippen LogP contribution in [0.1, 0.15) is 131 Å². The quantitative estimate of drug-likeness (QED) is 0.0900. The molecule has 0 radical (unpaired) electrons. The van der Waals surface area contributed by atoms with Crippen molar-refractivity contribution in [3.05, 3.63) is 45.7 Å². The van der Waals surface area contributed by atoms with Crippen LogP contribution >= 0.6 is 0 Å². The average Bonchev–Trinajstić information content (AvgIpc) is 3.40. The first-order chi connectivity index (χ1) is 37.0. The number of cyclic esters (lactones) is 1. The summed E-state index contributed by atoms with van der Waals surface area (Å²) in [7, 11) is 7.06. The fraction of sp³-hybridized carbons (Fsp3) is 0.793. The van der Waals surface area contributed by atoms with Gasteiger partial charge in [0.1, 0.15) is 35.1 Å². The molecule has 1 aromatic carbocycles. The lowest BCUT2D eigenvalue weighted by Crippen LogP contribution is -2.61. The minimum Gasteiger partial charge on any atom is -0.477 e. The van der Waals surface area contributed by atoms with E-state index in [0.29, 0.717) is 49.9 Å². The predicted octanol–water partition coefficient (Wildman–Crippen LogP) is 4.54. The van der Waals surface area contributed by atoms with Crippen molar-refractivity contribution in [1.82, 2.24) is 14.4 Å². The number of benzene rings is 1. The number of nitrogens with zero attached hydrogens (tertiary/aromatic N) is 3. The van der Waals surface area contributed by atoms with Gasteiger partial charge >= 0.3 is 17.9 Å². The van der Waals surface area contributed by atoms with Crippen LogP contribution in [0.25, 0.3) is 10.9 Å². The maximum absolute atomic E-state index is 14.6. The first kappa shape index (κ1) is 66.1. The molecule has 3 aliphatic heterocycles. The number of fused-ring (bicyclic) bond motifs is 1. The fourth-order valence-corrected chi connectivity index (χ4v) is 12.0. The molecule has 0 saturated carbocycles. The zero-order valence-electron chi connectivity index (χ0n) is 49.5. The standard InChI is InChI=1S/C58H95N3O18/c1-16-44-58(11,70)50(65)37(7)60(14)31-33(3)29-56(9,69)51(79-55-48(64)43(59(12)13)27-34(4)74-55)35(5)49(36(6)54(68)76-44)78-46-30-57(10,71-15)52(38(8)75-46)77-45(62)22-24-73-26-25-72-23-18-19-39-20-21-42-40(28-39)47(63)41(53(66)67)32-61(42)17-2/h20-21,28,32-38,43-44,46,48-52,55,64-65,69-70H,16-19,22-27,29-31H2,1-15H3,(H,66,67)/t33-,34-,35+,36-,37-,38+,43+,44-,46+,48-,49+,50-,51-,52+,55?,56-,57-,58-/m1/s1. The van der Waals surface area contributed by atoms with Gasteiger partial charge in [0.15, 0.2) is 18.7 Å². The van der Waals surface area contributed by atoms with Gasteiger partial charge in [-0.2, -0.15) is 0 Å². The summed E-state index contributed by atoms with van der Waals surface area (Å²) in [6.07, 6.45) is -6.57. The largest absolute Gasteiger partial charge is 0.477 e. The van der Waals surface area contributed by atoms with Gasteiger partial charge in [0.25, 0.3) is 0 Å². The monoisotopic (exact) mass is 1120 g/mol. The summed E-state index contributed by atoms with van der Waals surface area (Å²) in [6.45, 7) is 21.3. The highest BCUT2D eigenvalue weighted by molar-refractivity contribution is 5.92. The molecular weight excluding hydrogens is 1030 g/mol. The second-order valence-electron chi connectivity index (χ2n) is 23.5. The van der Waals surface area contributed by atoms with Crippen molar-refractivity contribution < 1.29 is 82.5 Å². The molecule has 79 heavy (non-hydrogen) atoms. The lowest BCUT2D eigenvalue weighted by Gasteiger charge is -2.49. The average molecular weight is 1120 g/mol. The Morgan fingerprint density at radius 3 is 2.19 bits per heavy atom. The van der Waals surface area contributed by atoms with Crippen LogP contribution in [0.4, 0.5) is 0 Å².